The molecule has 31 heavy (non-hydrogen) atoms. The molecule has 7 nitrogen and oxygen atoms in total. The lowest BCUT2D eigenvalue weighted by molar-refractivity contribution is -0.120. The molecule has 0 spiro atoms. The number of thioether (sulfide) groups is 1. The first-order valence-corrected chi connectivity index (χ1v) is 11.1. The van der Waals surface area contributed by atoms with Gasteiger partial charge in [-0.05, 0) is 44.0 Å². The summed E-state index contributed by atoms with van der Waals surface area (Å²) in [5.74, 6) is 0.749. The monoisotopic (exact) mass is 435 g/mol. The lowest BCUT2D eigenvalue weighted by atomic mass is 10.2. The van der Waals surface area contributed by atoms with E-state index >= 15 is 0 Å². The highest BCUT2D eigenvalue weighted by molar-refractivity contribution is 8.00. The van der Waals surface area contributed by atoms with Gasteiger partial charge in [0.05, 0.1) is 21.8 Å². The first-order valence-electron chi connectivity index (χ1n) is 10.3. The van der Waals surface area contributed by atoms with Gasteiger partial charge in [0.25, 0.3) is 5.56 Å². The van der Waals surface area contributed by atoms with Gasteiger partial charge in [-0.25, -0.2) is 4.57 Å². The summed E-state index contributed by atoms with van der Waals surface area (Å²) in [5.41, 5.74) is 2.39. The van der Waals surface area contributed by atoms with Crippen molar-refractivity contribution in [3.63, 3.8) is 0 Å². The van der Waals surface area contributed by atoms with Crippen molar-refractivity contribution in [3.05, 3.63) is 64.4 Å². The molecular formula is C23H25N5O2S. The fourth-order valence-electron chi connectivity index (χ4n) is 3.34. The van der Waals surface area contributed by atoms with Crippen LogP contribution in [-0.2, 0) is 4.79 Å². The Morgan fingerprint density at radius 3 is 2.48 bits per heavy atom. The molecule has 0 saturated carbocycles. The highest BCUT2D eigenvalue weighted by atomic mass is 32.2. The van der Waals surface area contributed by atoms with Crippen LogP contribution in [0, 0.1) is 12.8 Å². The summed E-state index contributed by atoms with van der Waals surface area (Å²) in [6, 6.07) is 15.1. The third-order valence-corrected chi connectivity index (χ3v) is 6.07. The number of hydrogen-bond acceptors (Lipinski definition) is 5. The molecule has 0 aliphatic carbocycles. The van der Waals surface area contributed by atoms with Crippen LogP contribution in [0.5, 0.6) is 0 Å². The summed E-state index contributed by atoms with van der Waals surface area (Å²) in [6.07, 6.45) is 0. The van der Waals surface area contributed by atoms with Gasteiger partial charge in [-0.3, -0.25) is 14.0 Å². The minimum atomic E-state index is -0.357. The fraction of sp³-hybridized carbons (Fsp3) is 0.304. The van der Waals surface area contributed by atoms with E-state index in [1.54, 1.807) is 10.6 Å². The van der Waals surface area contributed by atoms with E-state index in [1.165, 1.54) is 11.8 Å². The molecule has 4 rings (SSSR count). The van der Waals surface area contributed by atoms with E-state index in [4.69, 9.17) is 0 Å². The molecule has 160 valence electrons. The molecule has 0 aliphatic heterocycles. The van der Waals surface area contributed by atoms with E-state index in [2.05, 4.69) is 29.4 Å². The van der Waals surface area contributed by atoms with Gasteiger partial charge in [0.1, 0.15) is 0 Å². The zero-order valence-electron chi connectivity index (χ0n) is 18.0. The van der Waals surface area contributed by atoms with Crippen molar-refractivity contribution in [1.29, 1.82) is 0 Å². The zero-order valence-corrected chi connectivity index (χ0v) is 18.8. The molecule has 0 saturated heterocycles. The first kappa shape index (κ1) is 21.1. The quantitative estimate of drug-likeness (QED) is 0.468. The summed E-state index contributed by atoms with van der Waals surface area (Å²) in [7, 11) is 0. The van der Waals surface area contributed by atoms with Crippen LogP contribution in [0.15, 0.2) is 58.5 Å². The number of fused-ring (bicyclic) bond motifs is 3. The molecular weight excluding hydrogens is 410 g/mol. The van der Waals surface area contributed by atoms with Crippen LogP contribution < -0.4 is 10.9 Å². The van der Waals surface area contributed by atoms with Crippen LogP contribution in [0.1, 0.15) is 26.3 Å². The van der Waals surface area contributed by atoms with E-state index in [1.807, 2.05) is 60.7 Å². The molecule has 2 heterocycles. The third-order valence-electron chi connectivity index (χ3n) is 5.02. The van der Waals surface area contributed by atoms with E-state index in [9.17, 15) is 9.59 Å². The van der Waals surface area contributed by atoms with Crippen molar-refractivity contribution in [2.24, 2.45) is 5.92 Å². The van der Waals surface area contributed by atoms with Gasteiger partial charge in [0, 0.05) is 6.54 Å². The maximum atomic E-state index is 13.3. The number of amides is 1. The second kappa shape index (κ2) is 8.55. The number of para-hydroxylation sites is 1. The number of nitrogens with one attached hydrogen (secondary N) is 1. The number of aryl methyl sites for hydroxylation is 1. The van der Waals surface area contributed by atoms with Crippen molar-refractivity contribution in [1.82, 2.24) is 24.5 Å². The molecule has 2 aromatic heterocycles. The van der Waals surface area contributed by atoms with Crippen molar-refractivity contribution >= 4 is 34.3 Å². The normalized spacial score (nSPS) is 12.5. The molecule has 0 bridgehead atoms. The molecule has 1 N–H and O–H groups in total. The molecule has 1 atom stereocenters. The highest BCUT2D eigenvalue weighted by Crippen LogP contribution is 2.26. The topological polar surface area (TPSA) is 81.3 Å². The van der Waals surface area contributed by atoms with Crippen LogP contribution >= 0.6 is 11.8 Å². The summed E-state index contributed by atoms with van der Waals surface area (Å²) >= 11 is 1.33. The first-order chi connectivity index (χ1) is 14.9. The lowest BCUT2D eigenvalue weighted by Crippen LogP contribution is -2.33. The standard InChI is InChI=1S/C23H25N5O2S/c1-14(2)13-24-20(29)16(4)31-23-26-25-22-27(17-11-9-15(3)10-12-17)21(30)18-7-5-6-8-19(18)28(22)23/h5-12,14,16H,13H2,1-4H3,(H,24,29). The smallest absolute Gasteiger partial charge is 0.267 e. The van der Waals surface area contributed by atoms with Gasteiger partial charge in [0.15, 0.2) is 5.16 Å². The molecule has 1 unspecified atom stereocenters. The van der Waals surface area contributed by atoms with Crippen molar-refractivity contribution in [3.8, 4) is 5.69 Å². The number of carbonyl (C=O) groups is 1. The Hall–Kier alpha value is -3.13. The van der Waals surface area contributed by atoms with Gasteiger partial charge in [-0.2, -0.15) is 0 Å². The Balaban J connectivity index is 1.85. The van der Waals surface area contributed by atoms with Crippen LogP contribution in [0.4, 0.5) is 0 Å². The third kappa shape index (κ3) is 4.07. The van der Waals surface area contributed by atoms with Crippen LogP contribution in [0.3, 0.4) is 0 Å². The Morgan fingerprint density at radius 1 is 1.06 bits per heavy atom. The van der Waals surface area contributed by atoms with E-state index in [0.717, 1.165) is 11.3 Å². The fourth-order valence-corrected chi connectivity index (χ4v) is 4.22. The van der Waals surface area contributed by atoms with Gasteiger partial charge < -0.3 is 5.32 Å². The van der Waals surface area contributed by atoms with Crippen LogP contribution in [0.25, 0.3) is 22.4 Å². The van der Waals surface area contributed by atoms with Crippen molar-refractivity contribution < 1.29 is 4.79 Å². The van der Waals surface area contributed by atoms with E-state index in [0.29, 0.717) is 34.3 Å². The maximum absolute atomic E-state index is 13.3. The van der Waals surface area contributed by atoms with Gasteiger partial charge in [0.2, 0.25) is 11.7 Å². The summed E-state index contributed by atoms with van der Waals surface area (Å²) in [4.78, 5) is 25.8. The van der Waals surface area contributed by atoms with Crippen LogP contribution in [0.2, 0.25) is 0 Å². The maximum Gasteiger partial charge on any atom is 0.267 e. The average Bonchev–Trinajstić information content (AvgIpc) is 3.16. The molecule has 4 aromatic rings. The second-order valence-electron chi connectivity index (χ2n) is 8.01. The van der Waals surface area contributed by atoms with Crippen LogP contribution in [-0.4, -0.2) is 36.9 Å². The van der Waals surface area contributed by atoms with Gasteiger partial charge >= 0.3 is 0 Å². The predicted octanol–water partition coefficient (Wildman–Crippen LogP) is 3.59. The molecule has 0 aliphatic rings. The van der Waals surface area contributed by atoms with Crippen molar-refractivity contribution in [2.75, 3.05) is 6.54 Å². The molecule has 0 fully saturated rings. The zero-order chi connectivity index (χ0) is 22.1. The number of carbonyl (C=O) groups excluding carboxylic acids is 1. The molecule has 1 amide bonds. The van der Waals surface area contributed by atoms with Gasteiger partial charge in [-0.15, -0.1) is 10.2 Å². The Bertz CT molecular complexity index is 1310. The summed E-state index contributed by atoms with van der Waals surface area (Å²) in [5, 5.41) is 12.4. The summed E-state index contributed by atoms with van der Waals surface area (Å²) in [6.45, 7) is 8.58. The number of aromatic nitrogens is 4. The minimum absolute atomic E-state index is 0.0494. The van der Waals surface area contributed by atoms with Crippen molar-refractivity contribution in [2.45, 2.75) is 38.1 Å². The Labute approximate surface area is 184 Å². The largest absolute Gasteiger partial charge is 0.355 e. The average molecular weight is 436 g/mol. The lowest BCUT2D eigenvalue weighted by Gasteiger charge is -2.14. The summed E-state index contributed by atoms with van der Waals surface area (Å²) < 4.78 is 3.43. The number of nitrogens with zero attached hydrogens (tertiary/aromatic N) is 4. The molecule has 0 radical (unpaired) electrons. The molecule has 8 heteroatoms. The Morgan fingerprint density at radius 2 is 1.77 bits per heavy atom. The van der Waals surface area contributed by atoms with E-state index in [-0.39, 0.29) is 16.7 Å². The highest BCUT2D eigenvalue weighted by Gasteiger charge is 2.22. The number of benzene rings is 2. The predicted molar refractivity (Wildman–Crippen MR) is 124 cm³/mol. The molecule has 2 aromatic carbocycles. The van der Waals surface area contributed by atoms with Gasteiger partial charge in [-0.1, -0.05) is 55.4 Å². The SMILES string of the molecule is Cc1ccc(-n2c(=O)c3ccccc3n3c(SC(C)C(=O)NCC(C)C)nnc23)cc1. The second-order valence-corrected chi connectivity index (χ2v) is 9.32. The Kier molecular flexibility index (Phi) is 5.82. The van der Waals surface area contributed by atoms with E-state index < -0.39 is 0 Å². The minimum Gasteiger partial charge on any atom is -0.355 e. The number of hydrogen-bond donors (Lipinski definition) is 1. The number of rotatable bonds is 6.